The first-order chi connectivity index (χ1) is 13.0. The fourth-order valence-corrected chi connectivity index (χ4v) is 5.22. The molecule has 3 aliphatic heterocycles. The number of nitrogens with two attached hydrogens (primary N) is 1. The predicted molar refractivity (Wildman–Crippen MR) is 100 cm³/mol. The van der Waals surface area contributed by atoms with Gasteiger partial charge >= 0.3 is 0 Å². The zero-order valence-electron chi connectivity index (χ0n) is 15.8. The number of fused-ring (bicyclic) bond motifs is 4. The highest BCUT2D eigenvalue weighted by atomic mass is 16.2. The van der Waals surface area contributed by atoms with E-state index in [-0.39, 0.29) is 17.9 Å². The number of carbonyl (C=O) groups is 2. The maximum absolute atomic E-state index is 12.7. The number of nitrogens with zero attached hydrogens (tertiary/aromatic N) is 4. The first-order valence-corrected chi connectivity index (χ1v) is 9.85. The molecular weight excluding hydrogens is 344 g/mol. The average molecular weight is 372 g/mol. The standard InChI is InChI=1S/C19H28N6O2/c1-12(26)21-8-17-15-5-14(16-3-2-4-18(27)25(16)17)10-24(11-15)9-13-6-22-19(20)23-7-13/h6-7,14-17H,2-5,8-11H2,1H3,(H,21,26)(H2,20,22,23)/t14-,15+,16+,17+/m1/s1. The number of likely N-dealkylation sites (tertiary alicyclic amines) is 1. The van der Waals surface area contributed by atoms with Crippen LogP contribution in [0.4, 0.5) is 5.95 Å². The summed E-state index contributed by atoms with van der Waals surface area (Å²) in [6.07, 6.45) is 7.39. The highest BCUT2D eigenvalue weighted by Crippen LogP contribution is 2.41. The van der Waals surface area contributed by atoms with Crippen molar-refractivity contribution in [1.82, 2.24) is 25.1 Å². The lowest BCUT2D eigenvalue weighted by molar-refractivity contribution is -0.153. The molecule has 2 amide bonds. The largest absolute Gasteiger partial charge is 0.368 e. The minimum absolute atomic E-state index is 0.0372. The molecule has 8 heteroatoms. The van der Waals surface area contributed by atoms with E-state index in [9.17, 15) is 9.59 Å². The van der Waals surface area contributed by atoms with Crippen LogP contribution in [0, 0.1) is 11.8 Å². The third-order valence-electron chi connectivity index (χ3n) is 6.26. The lowest BCUT2D eigenvalue weighted by Gasteiger charge is -2.56. The molecule has 4 atom stereocenters. The summed E-state index contributed by atoms with van der Waals surface area (Å²) in [6, 6.07) is 0.389. The molecule has 0 saturated carbocycles. The van der Waals surface area contributed by atoms with Gasteiger partial charge in [0.25, 0.3) is 0 Å². The van der Waals surface area contributed by atoms with E-state index in [1.165, 1.54) is 6.92 Å². The van der Waals surface area contributed by atoms with Gasteiger partial charge in [0.2, 0.25) is 17.8 Å². The maximum Gasteiger partial charge on any atom is 0.223 e. The van der Waals surface area contributed by atoms with Gasteiger partial charge in [0, 0.05) is 63.5 Å². The molecule has 1 aromatic heterocycles. The zero-order chi connectivity index (χ0) is 19.0. The molecule has 146 valence electrons. The second-order valence-corrected chi connectivity index (χ2v) is 8.16. The predicted octanol–water partition coefficient (Wildman–Crippen LogP) is 0.396. The van der Waals surface area contributed by atoms with E-state index in [4.69, 9.17) is 5.73 Å². The first-order valence-electron chi connectivity index (χ1n) is 9.85. The van der Waals surface area contributed by atoms with Gasteiger partial charge in [-0.2, -0.15) is 0 Å². The Kier molecular flexibility index (Phi) is 4.99. The van der Waals surface area contributed by atoms with Crippen LogP contribution < -0.4 is 11.1 Å². The number of nitrogen functional groups attached to an aromatic ring is 1. The molecule has 0 unspecified atom stereocenters. The van der Waals surface area contributed by atoms with E-state index < -0.39 is 0 Å². The Balaban J connectivity index is 1.53. The number of rotatable bonds is 4. The fourth-order valence-electron chi connectivity index (χ4n) is 5.22. The lowest BCUT2D eigenvalue weighted by Crippen LogP contribution is -2.66. The normalized spacial score (nSPS) is 30.7. The second-order valence-electron chi connectivity index (χ2n) is 8.16. The Morgan fingerprint density at radius 3 is 2.78 bits per heavy atom. The second kappa shape index (κ2) is 7.42. The number of hydrogen-bond donors (Lipinski definition) is 2. The van der Waals surface area contributed by atoms with E-state index >= 15 is 0 Å². The molecule has 0 spiro atoms. The van der Waals surface area contributed by atoms with Crippen LogP contribution in [-0.2, 0) is 16.1 Å². The Hall–Kier alpha value is -2.22. The number of carbonyl (C=O) groups excluding carboxylic acids is 2. The average Bonchev–Trinajstić information content (AvgIpc) is 2.64. The summed E-state index contributed by atoms with van der Waals surface area (Å²) in [7, 11) is 0. The number of aromatic nitrogens is 2. The molecule has 4 rings (SSSR count). The molecule has 0 radical (unpaired) electrons. The molecule has 1 aromatic rings. The number of amides is 2. The summed E-state index contributed by atoms with van der Waals surface area (Å²) in [6.45, 7) is 4.79. The van der Waals surface area contributed by atoms with Gasteiger partial charge in [0.1, 0.15) is 0 Å². The van der Waals surface area contributed by atoms with Crippen molar-refractivity contribution < 1.29 is 9.59 Å². The van der Waals surface area contributed by atoms with Gasteiger partial charge in [-0.1, -0.05) is 0 Å². The van der Waals surface area contributed by atoms with Crippen molar-refractivity contribution in [2.24, 2.45) is 11.8 Å². The third kappa shape index (κ3) is 3.76. The summed E-state index contributed by atoms with van der Waals surface area (Å²) in [4.78, 5) is 36.9. The van der Waals surface area contributed by atoms with E-state index in [0.29, 0.717) is 36.8 Å². The third-order valence-corrected chi connectivity index (χ3v) is 6.26. The fraction of sp³-hybridized carbons (Fsp3) is 0.684. The van der Waals surface area contributed by atoms with Gasteiger partial charge in [-0.25, -0.2) is 9.97 Å². The van der Waals surface area contributed by atoms with Gasteiger partial charge < -0.3 is 16.0 Å². The first kappa shape index (κ1) is 18.2. The molecule has 27 heavy (non-hydrogen) atoms. The Labute approximate surface area is 159 Å². The van der Waals surface area contributed by atoms with Crippen LogP contribution >= 0.6 is 0 Å². The van der Waals surface area contributed by atoms with Crippen LogP contribution in [-0.4, -0.2) is 63.3 Å². The summed E-state index contributed by atoms with van der Waals surface area (Å²) in [5.41, 5.74) is 6.64. The van der Waals surface area contributed by atoms with Crippen molar-refractivity contribution in [3.63, 3.8) is 0 Å². The minimum atomic E-state index is -0.0372. The summed E-state index contributed by atoms with van der Waals surface area (Å²) in [5.74, 6) is 1.39. The highest BCUT2D eigenvalue weighted by molar-refractivity contribution is 5.78. The van der Waals surface area contributed by atoms with Crippen molar-refractivity contribution in [2.45, 2.75) is 51.2 Å². The quantitative estimate of drug-likeness (QED) is 0.793. The van der Waals surface area contributed by atoms with Crippen LogP contribution in [0.3, 0.4) is 0 Å². The molecule has 3 fully saturated rings. The van der Waals surface area contributed by atoms with E-state index in [1.807, 2.05) is 0 Å². The van der Waals surface area contributed by atoms with E-state index in [1.54, 1.807) is 12.4 Å². The van der Waals surface area contributed by atoms with Crippen molar-refractivity contribution >= 4 is 17.8 Å². The Morgan fingerprint density at radius 2 is 2.04 bits per heavy atom. The summed E-state index contributed by atoms with van der Waals surface area (Å²) in [5, 5.41) is 2.96. The molecule has 0 aliphatic carbocycles. The lowest BCUT2D eigenvalue weighted by atomic mass is 9.72. The van der Waals surface area contributed by atoms with Crippen LogP contribution in [0.1, 0.15) is 38.2 Å². The number of nitrogens with one attached hydrogen (secondary N) is 1. The number of hydrogen-bond acceptors (Lipinski definition) is 6. The Morgan fingerprint density at radius 1 is 1.30 bits per heavy atom. The van der Waals surface area contributed by atoms with Crippen molar-refractivity contribution in [1.29, 1.82) is 0 Å². The van der Waals surface area contributed by atoms with Gasteiger partial charge in [0.15, 0.2) is 0 Å². The molecule has 2 bridgehead atoms. The number of anilines is 1. The highest BCUT2D eigenvalue weighted by Gasteiger charge is 2.49. The molecule has 3 saturated heterocycles. The van der Waals surface area contributed by atoms with Gasteiger partial charge in [0.05, 0.1) is 6.04 Å². The smallest absolute Gasteiger partial charge is 0.223 e. The number of piperidine rings is 3. The van der Waals surface area contributed by atoms with E-state index in [2.05, 4.69) is 25.1 Å². The monoisotopic (exact) mass is 372 g/mol. The molecule has 0 aromatic carbocycles. The topological polar surface area (TPSA) is 104 Å². The molecule has 8 nitrogen and oxygen atoms in total. The summed E-state index contributed by atoms with van der Waals surface area (Å²) < 4.78 is 0. The van der Waals surface area contributed by atoms with Crippen molar-refractivity contribution in [3.05, 3.63) is 18.0 Å². The van der Waals surface area contributed by atoms with Crippen LogP contribution in [0.5, 0.6) is 0 Å². The molecule has 4 heterocycles. The van der Waals surface area contributed by atoms with Crippen LogP contribution in [0.2, 0.25) is 0 Å². The van der Waals surface area contributed by atoms with Crippen molar-refractivity contribution in [2.75, 3.05) is 25.4 Å². The zero-order valence-corrected chi connectivity index (χ0v) is 15.8. The van der Waals surface area contributed by atoms with Gasteiger partial charge in [-0.15, -0.1) is 0 Å². The van der Waals surface area contributed by atoms with Crippen LogP contribution in [0.25, 0.3) is 0 Å². The molecular formula is C19H28N6O2. The Bertz CT molecular complexity index is 709. The van der Waals surface area contributed by atoms with Crippen molar-refractivity contribution in [3.8, 4) is 0 Å². The van der Waals surface area contributed by atoms with Gasteiger partial charge in [-0.05, 0) is 31.1 Å². The molecule has 3 aliphatic rings. The van der Waals surface area contributed by atoms with E-state index in [0.717, 1.165) is 44.5 Å². The minimum Gasteiger partial charge on any atom is -0.368 e. The van der Waals surface area contributed by atoms with Gasteiger partial charge in [-0.3, -0.25) is 14.5 Å². The van der Waals surface area contributed by atoms with Crippen LogP contribution in [0.15, 0.2) is 12.4 Å². The SMILES string of the molecule is CC(=O)NC[C@H]1[C@H]2C[C@H](CN(Cc3cnc(N)nc3)C2)[C@@H]2CCCC(=O)N21. The molecule has 3 N–H and O–H groups in total. The summed E-state index contributed by atoms with van der Waals surface area (Å²) >= 11 is 0. The maximum atomic E-state index is 12.7.